The number of quaternary nitrogens is 1. The monoisotopic (exact) mass is 907 g/mol. The Morgan fingerprint density at radius 1 is 0.415 bits per heavy atom. The van der Waals surface area contributed by atoms with E-state index in [1.165, 1.54) is 249 Å². The Balaban J connectivity index is 1.20. The maximum atomic E-state index is 2.86. The molecule has 0 N–H and O–H groups in total. The Morgan fingerprint density at radius 2 is 0.815 bits per heavy atom. The predicted octanol–water partition coefficient (Wildman–Crippen LogP) is 21.4. The Morgan fingerprint density at radius 3 is 1.25 bits per heavy atom. The van der Waals surface area contributed by atoms with E-state index in [2.05, 4.69) is 55.5 Å². The van der Waals surface area contributed by atoms with Crippen LogP contribution in [0.4, 0.5) is 0 Å². The topological polar surface area (TPSA) is 0 Å². The molecule has 0 saturated heterocycles. The molecule has 5 unspecified atom stereocenters. The van der Waals surface area contributed by atoms with Crippen molar-refractivity contribution in [3.63, 3.8) is 0 Å². The van der Waals surface area contributed by atoms with E-state index in [0.717, 1.165) is 47.5 Å². The lowest BCUT2D eigenvalue weighted by atomic mass is 9.44. The molecular formula is C64H124N+. The summed E-state index contributed by atoms with van der Waals surface area (Å²) in [4.78, 5) is 0. The first-order valence-corrected chi connectivity index (χ1v) is 31.4. The molecular weight excluding hydrogens is 783 g/mol. The van der Waals surface area contributed by atoms with Crippen LogP contribution in [0.25, 0.3) is 0 Å². The van der Waals surface area contributed by atoms with E-state index < -0.39 is 0 Å². The van der Waals surface area contributed by atoms with Crippen molar-refractivity contribution < 1.29 is 4.48 Å². The molecule has 0 aliphatic heterocycles. The zero-order chi connectivity index (χ0) is 46.6. The Bertz CT molecular complexity index is 1100. The van der Waals surface area contributed by atoms with Gasteiger partial charge >= 0.3 is 0 Å². The van der Waals surface area contributed by atoms with Gasteiger partial charge in [-0.25, -0.2) is 0 Å². The molecule has 0 spiro atoms. The van der Waals surface area contributed by atoms with Gasteiger partial charge in [0.15, 0.2) is 0 Å². The van der Waals surface area contributed by atoms with Crippen molar-refractivity contribution in [1.82, 2.24) is 0 Å². The Hall–Kier alpha value is -0.0400. The second-order valence-corrected chi connectivity index (χ2v) is 26.1. The summed E-state index contributed by atoms with van der Waals surface area (Å²) in [5, 5.41) is 0. The number of hydrogen-bond donors (Lipinski definition) is 0. The minimum atomic E-state index is 0.620. The summed E-state index contributed by atoms with van der Waals surface area (Å²) in [7, 11) is 2.78. The smallest absolute Gasteiger partial charge is 0.0891 e. The summed E-state index contributed by atoms with van der Waals surface area (Å²) in [6, 6.07) is 0.925. The van der Waals surface area contributed by atoms with Gasteiger partial charge in [0.05, 0.1) is 26.2 Å². The van der Waals surface area contributed by atoms with Crippen molar-refractivity contribution in [2.24, 2.45) is 52.3 Å². The molecule has 384 valence electrons. The lowest BCUT2D eigenvalue weighted by molar-refractivity contribution is -0.936. The molecule has 1 heteroatoms. The SMILES string of the molecule is CCCCCCCCCCCCCCCCCC[N+](C)(CCCCCCCCCCCCCCCCCC)C1CC[C@@]2(C)C(CCC3C2CC[C@@]2(C)C3CC[C@@H]2[C@H](C)CCCC(C)C)C1. The Labute approximate surface area is 412 Å². The standard InChI is InChI=1S/C64H124N/c1-9-11-13-15-17-19-21-23-25-27-29-31-33-35-37-39-52-65(8,53-40-38-36-34-32-30-28-26-24-22-20-18-16-14-12-10-2)58-48-50-63(6)57(54-58)44-45-59-61-47-46-60(56(5)43-41-42-55(3)4)64(61,7)51-49-62(59)63/h55-62H,9-54H2,1-8H3/q+1/t56-,57?,58?,59?,60-,61?,62?,63+,64-/m1/s1. The summed E-state index contributed by atoms with van der Waals surface area (Å²) >= 11 is 0. The first kappa shape index (κ1) is 57.5. The first-order chi connectivity index (χ1) is 31.6. The van der Waals surface area contributed by atoms with Crippen LogP contribution in [0.5, 0.6) is 0 Å². The number of nitrogens with zero attached hydrogens (tertiary/aromatic N) is 1. The highest BCUT2D eigenvalue weighted by molar-refractivity contribution is 5.10. The van der Waals surface area contributed by atoms with Crippen molar-refractivity contribution in [3.8, 4) is 0 Å². The van der Waals surface area contributed by atoms with Crippen LogP contribution in [0.2, 0.25) is 0 Å². The minimum absolute atomic E-state index is 0.620. The zero-order valence-electron chi connectivity index (χ0n) is 46.6. The summed E-state index contributed by atoms with van der Waals surface area (Å²) in [5.41, 5.74) is 1.25. The van der Waals surface area contributed by atoms with E-state index in [-0.39, 0.29) is 0 Å². The van der Waals surface area contributed by atoms with Crippen LogP contribution in [-0.2, 0) is 0 Å². The lowest BCUT2D eigenvalue weighted by Crippen LogP contribution is -2.60. The third-order valence-electron chi connectivity index (χ3n) is 20.8. The number of unbranched alkanes of at least 4 members (excludes halogenated alkanes) is 30. The second kappa shape index (κ2) is 32.8. The molecule has 4 aliphatic carbocycles. The van der Waals surface area contributed by atoms with Crippen LogP contribution in [0.3, 0.4) is 0 Å². The number of fused-ring (bicyclic) bond motifs is 5. The number of rotatable bonds is 40. The van der Waals surface area contributed by atoms with Gasteiger partial charge in [-0.2, -0.15) is 0 Å². The molecule has 1 nitrogen and oxygen atoms in total. The molecule has 9 atom stereocenters. The highest BCUT2D eigenvalue weighted by Gasteiger charge is 2.61. The van der Waals surface area contributed by atoms with Gasteiger partial charge in [-0.15, -0.1) is 0 Å². The predicted molar refractivity (Wildman–Crippen MR) is 292 cm³/mol. The lowest BCUT2D eigenvalue weighted by Gasteiger charge is -2.62. The molecule has 4 rings (SSSR count). The maximum absolute atomic E-state index is 2.86. The minimum Gasteiger partial charge on any atom is -0.324 e. The largest absolute Gasteiger partial charge is 0.324 e. The molecule has 0 aromatic carbocycles. The van der Waals surface area contributed by atoms with Crippen molar-refractivity contribution in [3.05, 3.63) is 0 Å². The van der Waals surface area contributed by atoms with Crippen molar-refractivity contribution in [2.45, 2.75) is 337 Å². The van der Waals surface area contributed by atoms with Crippen LogP contribution in [0, 0.1) is 52.3 Å². The molecule has 0 aromatic heterocycles. The van der Waals surface area contributed by atoms with E-state index in [0.29, 0.717) is 10.8 Å². The molecule has 4 saturated carbocycles. The van der Waals surface area contributed by atoms with E-state index in [4.69, 9.17) is 0 Å². The quantitative estimate of drug-likeness (QED) is 0.0425. The second-order valence-electron chi connectivity index (χ2n) is 26.1. The summed E-state index contributed by atoms with van der Waals surface area (Å²) in [6.45, 7) is 20.8. The normalized spacial score (nSPS) is 28.4. The third-order valence-corrected chi connectivity index (χ3v) is 20.8. The summed E-state index contributed by atoms with van der Waals surface area (Å²) in [6.07, 6.45) is 65.6. The van der Waals surface area contributed by atoms with Gasteiger partial charge in [-0.3, -0.25) is 0 Å². The van der Waals surface area contributed by atoms with Crippen LogP contribution < -0.4 is 0 Å². The van der Waals surface area contributed by atoms with Gasteiger partial charge in [-0.05, 0) is 129 Å². The molecule has 4 fully saturated rings. The molecule has 65 heavy (non-hydrogen) atoms. The first-order valence-electron chi connectivity index (χ1n) is 31.4. The summed E-state index contributed by atoms with van der Waals surface area (Å²) < 4.78 is 1.43. The van der Waals surface area contributed by atoms with Gasteiger partial charge in [0.1, 0.15) is 0 Å². The molecule has 4 aliphatic rings. The highest BCUT2D eigenvalue weighted by Crippen LogP contribution is 2.68. The van der Waals surface area contributed by atoms with Crippen LogP contribution in [0.1, 0.15) is 331 Å². The zero-order valence-corrected chi connectivity index (χ0v) is 46.6. The van der Waals surface area contributed by atoms with E-state index in [1.54, 1.807) is 51.4 Å². The maximum Gasteiger partial charge on any atom is 0.0891 e. The van der Waals surface area contributed by atoms with Gasteiger partial charge < -0.3 is 4.48 Å². The van der Waals surface area contributed by atoms with E-state index >= 15 is 0 Å². The molecule has 0 bridgehead atoms. The van der Waals surface area contributed by atoms with Gasteiger partial charge in [0, 0.05) is 6.42 Å². The summed E-state index contributed by atoms with van der Waals surface area (Å²) in [5.74, 6) is 6.87. The van der Waals surface area contributed by atoms with Crippen molar-refractivity contribution in [1.29, 1.82) is 0 Å². The average Bonchev–Trinajstić information content (AvgIpc) is 3.65. The van der Waals surface area contributed by atoms with Crippen LogP contribution >= 0.6 is 0 Å². The van der Waals surface area contributed by atoms with Crippen LogP contribution in [0.15, 0.2) is 0 Å². The fourth-order valence-electron chi connectivity index (χ4n) is 16.3. The fourth-order valence-corrected chi connectivity index (χ4v) is 16.3. The van der Waals surface area contributed by atoms with E-state index in [1.807, 2.05) is 0 Å². The third kappa shape index (κ3) is 19.6. The van der Waals surface area contributed by atoms with Gasteiger partial charge in [0.2, 0.25) is 0 Å². The van der Waals surface area contributed by atoms with Crippen molar-refractivity contribution >= 4 is 0 Å². The highest BCUT2D eigenvalue weighted by atomic mass is 15.4. The Kier molecular flexibility index (Phi) is 29.0. The van der Waals surface area contributed by atoms with Gasteiger partial charge in [0.25, 0.3) is 0 Å². The fraction of sp³-hybridized carbons (Fsp3) is 1.00. The molecule has 0 amide bonds. The van der Waals surface area contributed by atoms with E-state index in [9.17, 15) is 0 Å². The molecule has 0 heterocycles. The number of hydrogen-bond acceptors (Lipinski definition) is 0. The molecule has 0 radical (unpaired) electrons. The molecule has 0 aromatic rings. The van der Waals surface area contributed by atoms with Crippen molar-refractivity contribution in [2.75, 3.05) is 20.1 Å². The van der Waals surface area contributed by atoms with Crippen LogP contribution in [-0.4, -0.2) is 30.7 Å². The van der Waals surface area contributed by atoms with Gasteiger partial charge in [-0.1, -0.05) is 248 Å². The average molecular weight is 908 g/mol.